The maximum Gasteiger partial charge on any atom is 0.364 e. The molecule has 0 spiro atoms. The molecule has 0 radical (unpaired) electrons. The Kier molecular flexibility index (Phi) is 3.48. The molecule has 0 aliphatic rings. The number of phenols is 1. The summed E-state index contributed by atoms with van der Waals surface area (Å²) in [5, 5.41) is 9.04. The van der Waals surface area contributed by atoms with E-state index in [4.69, 9.17) is 5.11 Å². The number of carbonyl (C=O) groups is 1. The number of quaternary nitrogens is 1. The van der Waals surface area contributed by atoms with E-state index in [-0.39, 0.29) is 11.7 Å². The minimum absolute atomic E-state index is 0.215. The van der Waals surface area contributed by atoms with Gasteiger partial charge >= 0.3 is 5.97 Å². The van der Waals surface area contributed by atoms with Gasteiger partial charge in [-0.1, -0.05) is 12.1 Å². The molecule has 0 saturated carbocycles. The molecule has 0 fully saturated rings. The highest BCUT2D eigenvalue weighted by Gasteiger charge is 2.17. The SMILES string of the molecule is COC(=O)[C@@H]([NH3+])Cc1ccc(O)cc1. The predicted octanol–water partition coefficient (Wildman–Crippen LogP) is -0.282. The molecule has 1 aromatic rings. The van der Waals surface area contributed by atoms with Gasteiger partial charge in [-0.15, -0.1) is 0 Å². The second-order valence-electron chi connectivity index (χ2n) is 3.09. The quantitative estimate of drug-likeness (QED) is 0.653. The van der Waals surface area contributed by atoms with Gasteiger partial charge in [0.2, 0.25) is 0 Å². The molecule has 1 rings (SSSR count). The third kappa shape index (κ3) is 2.74. The summed E-state index contributed by atoms with van der Waals surface area (Å²) in [6, 6.07) is 6.29. The van der Waals surface area contributed by atoms with E-state index >= 15 is 0 Å². The first-order valence-electron chi connectivity index (χ1n) is 4.32. The minimum Gasteiger partial charge on any atom is -0.508 e. The number of aromatic hydroxyl groups is 1. The van der Waals surface area contributed by atoms with Crippen LogP contribution in [0.5, 0.6) is 5.75 Å². The monoisotopic (exact) mass is 196 g/mol. The lowest BCUT2D eigenvalue weighted by atomic mass is 10.1. The maximum absolute atomic E-state index is 11.0. The summed E-state index contributed by atoms with van der Waals surface area (Å²) in [4.78, 5) is 11.0. The molecule has 0 aromatic heterocycles. The third-order valence-corrected chi connectivity index (χ3v) is 1.95. The number of methoxy groups -OCH3 is 1. The molecule has 1 aromatic carbocycles. The Hall–Kier alpha value is -1.55. The van der Waals surface area contributed by atoms with Crippen LogP contribution in [-0.2, 0) is 16.0 Å². The van der Waals surface area contributed by atoms with Crippen molar-refractivity contribution in [2.24, 2.45) is 0 Å². The fraction of sp³-hybridized carbons (Fsp3) is 0.300. The van der Waals surface area contributed by atoms with Crippen molar-refractivity contribution in [2.45, 2.75) is 12.5 Å². The molecule has 0 aliphatic heterocycles. The van der Waals surface area contributed by atoms with Crippen molar-refractivity contribution >= 4 is 5.97 Å². The third-order valence-electron chi connectivity index (χ3n) is 1.95. The second-order valence-corrected chi connectivity index (χ2v) is 3.09. The smallest absolute Gasteiger partial charge is 0.364 e. The Labute approximate surface area is 82.3 Å². The molecule has 4 nitrogen and oxygen atoms in total. The van der Waals surface area contributed by atoms with Crippen LogP contribution in [0.4, 0.5) is 0 Å². The van der Waals surface area contributed by atoms with E-state index in [1.165, 1.54) is 7.11 Å². The van der Waals surface area contributed by atoms with E-state index in [2.05, 4.69) is 10.5 Å². The summed E-state index contributed by atoms with van der Waals surface area (Å²) in [6.07, 6.45) is 0.521. The molecule has 0 unspecified atom stereocenters. The van der Waals surface area contributed by atoms with Crippen molar-refractivity contribution in [3.63, 3.8) is 0 Å². The molecule has 4 heteroatoms. The van der Waals surface area contributed by atoms with Crippen LogP contribution in [0.3, 0.4) is 0 Å². The van der Waals surface area contributed by atoms with E-state index in [0.717, 1.165) is 5.56 Å². The molecule has 0 bridgehead atoms. The number of hydrogen-bond acceptors (Lipinski definition) is 3. The van der Waals surface area contributed by atoms with E-state index < -0.39 is 6.04 Å². The van der Waals surface area contributed by atoms with Crippen molar-refractivity contribution in [1.29, 1.82) is 0 Å². The minimum atomic E-state index is -0.399. The fourth-order valence-corrected chi connectivity index (χ4v) is 1.17. The lowest BCUT2D eigenvalue weighted by Crippen LogP contribution is -2.66. The van der Waals surface area contributed by atoms with Gasteiger partial charge in [-0.25, -0.2) is 4.79 Å². The van der Waals surface area contributed by atoms with Crippen LogP contribution in [0.25, 0.3) is 0 Å². The first-order chi connectivity index (χ1) is 6.63. The van der Waals surface area contributed by atoms with Crippen LogP contribution >= 0.6 is 0 Å². The number of hydrogen-bond donors (Lipinski definition) is 2. The van der Waals surface area contributed by atoms with Crippen LogP contribution in [-0.4, -0.2) is 24.2 Å². The lowest BCUT2D eigenvalue weighted by molar-refractivity contribution is -0.407. The Bertz CT molecular complexity index is 308. The number of phenolic OH excluding ortho intramolecular Hbond substituents is 1. The normalized spacial score (nSPS) is 12.1. The summed E-state index contributed by atoms with van der Waals surface area (Å²) in [5.41, 5.74) is 4.64. The Morgan fingerprint density at radius 1 is 1.50 bits per heavy atom. The van der Waals surface area contributed by atoms with Crippen molar-refractivity contribution < 1.29 is 20.4 Å². The van der Waals surface area contributed by atoms with Gasteiger partial charge in [-0.3, -0.25) is 0 Å². The lowest BCUT2D eigenvalue weighted by Gasteiger charge is -2.05. The highest BCUT2D eigenvalue weighted by molar-refractivity contribution is 5.74. The standard InChI is InChI=1S/C10H13NO3/c1-14-10(13)9(11)6-7-2-4-8(12)5-3-7/h2-5,9,12H,6,11H2,1H3/p+1/t9-/m0/s1. The van der Waals surface area contributed by atoms with Gasteiger partial charge < -0.3 is 15.6 Å². The Morgan fingerprint density at radius 2 is 2.07 bits per heavy atom. The van der Waals surface area contributed by atoms with Crippen LogP contribution in [0.15, 0.2) is 24.3 Å². The van der Waals surface area contributed by atoms with Crippen LogP contribution in [0, 0.1) is 0 Å². The number of benzene rings is 1. The zero-order valence-electron chi connectivity index (χ0n) is 8.06. The summed E-state index contributed by atoms with van der Waals surface area (Å²) in [6.45, 7) is 0. The number of ether oxygens (including phenoxy) is 1. The van der Waals surface area contributed by atoms with Crippen molar-refractivity contribution in [3.05, 3.63) is 29.8 Å². The molecule has 4 N–H and O–H groups in total. The second kappa shape index (κ2) is 4.62. The topological polar surface area (TPSA) is 74.2 Å². The van der Waals surface area contributed by atoms with Gasteiger partial charge in [0, 0.05) is 6.42 Å². The first-order valence-corrected chi connectivity index (χ1v) is 4.32. The van der Waals surface area contributed by atoms with E-state index in [1.54, 1.807) is 24.3 Å². The van der Waals surface area contributed by atoms with Gasteiger partial charge in [0.05, 0.1) is 7.11 Å². The zero-order valence-corrected chi connectivity index (χ0v) is 8.06. The summed E-state index contributed by atoms with van der Waals surface area (Å²) in [7, 11) is 1.34. The van der Waals surface area contributed by atoms with Crippen LogP contribution in [0.1, 0.15) is 5.56 Å². The predicted molar refractivity (Wildman–Crippen MR) is 50.5 cm³/mol. The van der Waals surface area contributed by atoms with Gasteiger partial charge in [0.1, 0.15) is 5.75 Å². The molecule has 0 saturated heterocycles. The first kappa shape index (κ1) is 10.5. The number of rotatable bonds is 3. The Balaban J connectivity index is 2.60. The summed E-state index contributed by atoms with van der Waals surface area (Å²) in [5.74, 6) is -0.106. The van der Waals surface area contributed by atoms with E-state index in [0.29, 0.717) is 6.42 Å². The molecular formula is C10H14NO3+. The van der Waals surface area contributed by atoms with Crippen molar-refractivity contribution in [2.75, 3.05) is 7.11 Å². The highest BCUT2D eigenvalue weighted by atomic mass is 16.5. The molecule has 0 aliphatic carbocycles. The molecular weight excluding hydrogens is 182 g/mol. The molecule has 0 heterocycles. The highest BCUT2D eigenvalue weighted by Crippen LogP contribution is 2.10. The summed E-state index contributed by atoms with van der Waals surface area (Å²) < 4.78 is 4.56. The zero-order chi connectivity index (χ0) is 10.6. The molecule has 0 amide bonds. The van der Waals surface area contributed by atoms with E-state index in [1.807, 2.05) is 0 Å². The maximum atomic E-state index is 11.0. The van der Waals surface area contributed by atoms with Gasteiger partial charge in [0.15, 0.2) is 6.04 Å². The van der Waals surface area contributed by atoms with E-state index in [9.17, 15) is 4.79 Å². The summed E-state index contributed by atoms with van der Waals surface area (Å²) >= 11 is 0. The Morgan fingerprint density at radius 3 is 2.57 bits per heavy atom. The van der Waals surface area contributed by atoms with Crippen molar-refractivity contribution in [3.8, 4) is 5.75 Å². The largest absolute Gasteiger partial charge is 0.508 e. The number of carbonyl (C=O) groups excluding carboxylic acids is 1. The fourth-order valence-electron chi connectivity index (χ4n) is 1.17. The molecule has 14 heavy (non-hydrogen) atoms. The average Bonchev–Trinajstić information content (AvgIpc) is 2.20. The molecule has 76 valence electrons. The number of esters is 1. The van der Waals surface area contributed by atoms with Crippen LogP contribution < -0.4 is 5.73 Å². The van der Waals surface area contributed by atoms with Gasteiger partial charge in [-0.2, -0.15) is 0 Å². The van der Waals surface area contributed by atoms with Gasteiger partial charge in [0.25, 0.3) is 0 Å². The van der Waals surface area contributed by atoms with Crippen molar-refractivity contribution in [1.82, 2.24) is 0 Å². The average molecular weight is 196 g/mol. The van der Waals surface area contributed by atoms with Gasteiger partial charge in [-0.05, 0) is 17.7 Å². The van der Waals surface area contributed by atoms with Crippen LogP contribution in [0.2, 0.25) is 0 Å². The molecule has 1 atom stereocenters.